The van der Waals surface area contributed by atoms with E-state index in [2.05, 4.69) is 30.6 Å². The number of H-pyrrole nitrogens is 1. The summed E-state index contributed by atoms with van der Waals surface area (Å²) in [7, 11) is 0. The summed E-state index contributed by atoms with van der Waals surface area (Å²) in [5.74, 6) is 0.670. The molecule has 5 rings (SSSR count). The van der Waals surface area contributed by atoms with Crippen molar-refractivity contribution in [3.63, 3.8) is 0 Å². The third kappa shape index (κ3) is 4.55. The number of nitrogens with zero attached hydrogens (tertiary/aromatic N) is 4. The quantitative estimate of drug-likeness (QED) is 0.440. The summed E-state index contributed by atoms with van der Waals surface area (Å²) in [6.45, 7) is 2.08. The lowest BCUT2D eigenvalue weighted by molar-refractivity contribution is 0.102. The largest absolute Gasteiger partial charge is 0.355 e. The van der Waals surface area contributed by atoms with E-state index in [1.165, 1.54) is 25.7 Å². The number of amides is 1. The Morgan fingerprint density at radius 3 is 2.59 bits per heavy atom. The zero-order chi connectivity index (χ0) is 21.8. The molecule has 0 radical (unpaired) electrons. The van der Waals surface area contributed by atoms with Crippen molar-refractivity contribution < 1.29 is 4.79 Å². The number of nitrogens with one attached hydrogen (secondary N) is 2. The summed E-state index contributed by atoms with van der Waals surface area (Å²) >= 11 is 1.60. The van der Waals surface area contributed by atoms with E-state index in [-0.39, 0.29) is 5.91 Å². The Morgan fingerprint density at radius 1 is 0.969 bits per heavy atom. The molecule has 8 heteroatoms. The van der Waals surface area contributed by atoms with Gasteiger partial charge >= 0.3 is 0 Å². The molecule has 0 spiro atoms. The number of benzene rings is 1. The van der Waals surface area contributed by atoms with Gasteiger partial charge in [-0.15, -0.1) is 21.5 Å². The van der Waals surface area contributed by atoms with Gasteiger partial charge in [0.2, 0.25) is 0 Å². The highest BCUT2D eigenvalue weighted by Crippen LogP contribution is 2.25. The highest BCUT2D eigenvalue weighted by atomic mass is 32.1. The lowest BCUT2D eigenvalue weighted by Gasteiger charge is -2.20. The molecule has 1 aliphatic heterocycles. The number of aromatic amines is 1. The van der Waals surface area contributed by atoms with Crippen LogP contribution in [0.5, 0.6) is 0 Å². The van der Waals surface area contributed by atoms with Crippen molar-refractivity contribution in [1.29, 1.82) is 0 Å². The monoisotopic (exact) mass is 444 g/mol. The number of carbonyl (C=O) groups is 1. The summed E-state index contributed by atoms with van der Waals surface area (Å²) in [6, 6.07) is 17.4. The van der Waals surface area contributed by atoms with E-state index in [4.69, 9.17) is 0 Å². The van der Waals surface area contributed by atoms with Crippen LogP contribution in [-0.2, 0) is 0 Å². The molecule has 0 aliphatic carbocycles. The van der Waals surface area contributed by atoms with E-state index >= 15 is 0 Å². The smallest absolute Gasteiger partial charge is 0.276 e. The van der Waals surface area contributed by atoms with Crippen LogP contribution in [-0.4, -0.2) is 39.4 Å². The van der Waals surface area contributed by atoms with Gasteiger partial charge in [0.05, 0.1) is 16.3 Å². The first-order chi connectivity index (χ1) is 15.8. The van der Waals surface area contributed by atoms with Crippen molar-refractivity contribution in [3.8, 4) is 21.8 Å². The highest BCUT2D eigenvalue weighted by molar-refractivity contribution is 7.13. The molecule has 1 saturated heterocycles. The Balaban J connectivity index is 1.28. The normalized spacial score (nSPS) is 14.2. The van der Waals surface area contributed by atoms with Crippen LogP contribution in [0, 0.1) is 0 Å². The van der Waals surface area contributed by atoms with Crippen LogP contribution >= 0.6 is 11.3 Å². The number of anilines is 2. The minimum Gasteiger partial charge on any atom is -0.355 e. The predicted octanol–water partition coefficient (Wildman–Crippen LogP) is 5.23. The number of rotatable bonds is 5. The summed E-state index contributed by atoms with van der Waals surface area (Å²) in [4.78, 5) is 16.0. The van der Waals surface area contributed by atoms with Crippen molar-refractivity contribution in [3.05, 3.63) is 65.7 Å². The maximum absolute atomic E-state index is 12.7. The number of thiophene rings is 1. The topological polar surface area (TPSA) is 86.8 Å². The zero-order valence-electron chi connectivity index (χ0n) is 17.6. The van der Waals surface area contributed by atoms with Gasteiger partial charge in [-0.05, 0) is 54.6 Å². The fraction of sp³-hybridized carbons (Fsp3) is 0.250. The summed E-state index contributed by atoms with van der Waals surface area (Å²) in [6.07, 6.45) is 4.98. The van der Waals surface area contributed by atoms with E-state index in [1.54, 1.807) is 17.4 Å². The summed E-state index contributed by atoms with van der Waals surface area (Å²) < 4.78 is 0. The van der Waals surface area contributed by atoms with E-state index < -0.39 is 0 Å². The molecular weight excluding hydrogens is 420 g/mol. The van der Waals surface area contributed by atoms with Crippen molar-refractivity contribution in [2.75, 3.05) is 23.3 Å². The molecule has 1 amide bonds. The molecule has 0 unspecified atom stereocenters. The predicted molar refractivity (Wildman–Crippen MR) is 128 cm³/mol. The van der Waals surface area contributed by atoms with Gasteiger partial charge in [0.1, 0.15) is 0 Å². The Hall–Kier alpha value is -3.52. The van der Waals surface area contributed by atoms with Crippen LogP contribution in [0.25, 0.3) is 21.8 Å². The zero-order valence-corrected chi connectivity index (χ0v) is 18.4. The number of hydrogen-bond acceptors (Lipinski definition) is 6. The Labute approximate surface area is 190 Å². The molecule has 0 saturated carbocycles. The maximum atomic E-state index is 12.7. The third-order valence-corrected chi connectivity index (χ3v) is 6.50. The van der Waals surface area contributed by atoms with Crippen LogP contribution in [0.1, 0.15) is 36.2 Å². The average Bonchev–Trinajstić information content (AvgIpc) is 3.46. The molecule has 0 atom stereocenters. The number of hydrogen-bond donors (Lipinski definition) is 2. The molecule has 32 heavy (non-hydrogen) atoms. The standard InChI is InChI=1S/C24H24N6OS/c31-24(21-16-20(27-28-21)22-9-6-14-32-22)25-18-8-5-7-17(15-18)19-10-11-23(29-26-19)30-12-3-1-2-4-13-30/h5-11,14-16H,1-4,12-13H2,(H,25,31)(H,27,28). The molecule has 0 bridgehead atoms. The molecule has 1 fully saturated rings. The average molecular weight is 445 g/mol. The van der Waals surface area contributed by atoms with Gasteiger partial charge in [0.15, 0.2) is 11.5 Å². The van der Waals surface area contributed by atoms with Gasteiger partial charge in [-0.1, -0.05) is 31.0 Å². The van der Waals surface area contributed by atoms with Crippen LogP contribution < -0.4 is 10.2 Å². The van der Waals surface area contributed by atoms with E-state index in [1.807, 2.05) is 53.9 Å². The maximum Gasteiger partial charge on any atom is 0.276 e. The second-order valence-electron chi connectivity index (χ2n) is 7.86. The van der Waals surface area contributed by atoms with Gasteiger partial charge in [-0.2, -0.15) is 5.10 Å². The summed E-state index contributed by atoms with van der Waals surface area (Å²) in [5, 5.41) is 20.9. The van der Waals surface area contributed by atoms with Crippen molar-refractivity contribution >= 4 is 28.7 Å². The lowest BCUT2D eigenvalue weighted by atomic mass is 10.1. The molecule has 7 nitrogen and oxygen atoms in total. The second kappa shape index (κ2) is 9.32. The van der Waals surface area contributed by atoms with E-state index in [9.17, 15) is 4.79 Å². The van der Waals surface area contributed by atoms with Gasteiger partial charge in [-0.25, -0.2) is 0 Å². The van der Waals surface area contributed by atoms with E-state index in [0.717, 1.165) is 40.7 Å². The Bertz CT molecular complexity index is 1180. The number of carbonyl (C=O) groups excluding carboxylic acids is 1. The number of aromatic nitrogens is 4. The highest BCUT2D eigenvalue weighted by Gasteiger charge is 2.14. The van der Waals surface area contributed by atoms with Crippen LogP contribution in [0.15, 0.2) is 60.0 Å². The molecule has 4 heterocycles. The molecule has 1 aromatic carbocycles. The van der Waals surface area contributed by atoms with Gasteiger partial charge in [0.25, 0.3) is 5.91 Å². The van der Waals surface area contributed by atoms with Gasteiger partial charge in [0, 0.05) is 24.3 Å². The SMILES string of the molecule is O=C(Nc1cccc(-c2ccc(N3CCCCCC3)nn2)c1)c1cc(-c2cccs2)[nH]n1. The minimum absolute atomic E-state index is 0.260. The first-order valence-electron chi connectivity index (χ1n) is 10.9. The Morgan fingerprint density at radius 2 is 1.84 bits per heavy atom. The van der Waals surface area contributed by atoms with Crippen molar-refractivity contribution in [2.45, 2.75) is 25.7 Å². The van der Waals surface area contributed by atoms with Crippen LogP contribution in [0.4, 0.5) is 11.5 Å². The first-order valence-corrected chi connectivity index (χ1v) is 11.7. The Kier molecular flexibility index (Phi) is 5.93. The molecule has 3 aromatic heterocycles. The molecule has 162 valence electrons. The van der Waals surface area contributed by atoms with E-state index in [0.29, 0.717) is 11.4 Å². The van der Waals surface area contributed by atoms with Gasteiger partial charge in [-0.3, -0.25) is 9.89 Å². The fourth-order valence-corrected chi connectivity index (χ4v) is 4.59. The van der Waals surface area contributed by atoms with Crippen molar-refractivity contribution in [2.24, 2.45) is 0 Å². The third-order valence-electron chi connectivity index (χ3n) is 5.59. The molecule has 4 aromatic rings. The molecule has 2 N–H and O–H groups in total. The second-order valence-corrected chi connectivity index (χ2v) is 8.80. The fourth-order valence-electron chi connectivity index (χ4n) is 3.90. The minimum atomic E-state index is -0.260. The first kappa shape index (κ1) is 20.4. The van der Waals surface area contributed by atoms with Gasteiger partial charge < -0.3 is 10.2 Å². The van der Waals surface area contributed by atoms with Crippen LogP contribution in [0.2, 0.25) is 0 Å². The van der Waals surface area contributed by atoms with Crippen molar-refractivity contribution in [1.82, 2.24) is 20.4 Å². The lowest BCUT2D eigenvalue weighted by Crippen LogP contribution is -2.25. The summed E-state index contributed by atoms with van der Waals surface area (Å²) in [5.41, 5.74) is 3.55. The molecular formula is C24H24N6OS. The molecule has 1 aliphatic rings. The van der Waals surface area contributed by atoms with Crippen LogP contribution in [0.3, 0.4) is 0 Å².